The third kappa shape index (κ3) is 3.11. The number of aliphatic carboxylic acids is 1. The maximum absolute atomic E-state index is 11.2. The standard InChI is InChI=1S/C11H14ClN5O2/c1-5(2)3-6(10(18)19)15-9-7-8(14-4-13-7)16-11(12)17-9/h4-6H,3H2,1-2H3,(H,18,19)(H2,13,14,15,16,17)/t6-/m1/s1. The van der Waals surface area contributed by atoms with E-state index in [-0.39, 0.29) is 11.2 Å². The van der Waals surface area contributed by atoms with E-state index in [1.54, 1.807) is 0 Å². The molecular formula is C11H14ClN5O2. The second-order valence-electron chi connectivity index (χ2n) is 4.61. The van der Waals surface area contributed by atoms with Crippen LogP contribution in [0.3, 0.4) is 0 Å². The molecule has 0 radical (unpaired) electrons. The van der Waals surface area contributed by atoms with Crippen LogP contribution in [0, 0.1) is 5.92 Å². The van der Waals surface area contributed by atoms with Crippen molar-refractivity contribution >= 4 is 34.6 Å². The van der Waals surface area contributed by atoms with Crippen molar-refractivity contribution in [2.24, 2.45) is 5.92 Å². The molecule has 0 aliphatic carbocycles. The summed E-state index contributed by atoms with van der Waals surface area (Å²) in [6, 6.07) is -0.738. The molecule has 3 N–H and O–H groups in total. The van der Waals surface area contributed by atoms with E-state index in [1.165, 1.54) is 6.33 Å². The Kier molecular flexibility index (Phi) is 3.84. The lowest BCUT2D eigenvalue weighted by Gasteiger charge is -2.17. The number of hydrogen-bond acceptors (Lipinski definition) is 5. The monoisotopic (exact) mass is 283 g/mol. The van der Waals surface area contributed by atoms with Crippen LogP contribution in [0.15, 0.2) is 6.33 Å². The Morgan fingerprint density at radius 1 is 1.53 bits per heavy atom. The first-order valence-corrected chi connectivity index (χ1v) is 6.21. The molecule has 0 aliphatic rings. The summed E-state index contributed by atoms with van der Waals surface area (Å²) in [6.45, 7) is 3.91. The zero-order valence-electron chi connectivity index (χ0n) is 10.5. The summed E-state index contributed by atoms with van der Waals surface area (Å²) in [4.78, 5) is 26.0. The van der Waals surface area contributed by atoms with Gasteiger partial charge in [-0.3, -0.25) is 0 Å². The van der Waals surface area contributed by atoms with Crippen molar-refractivity contribution in [3.8, 4) is 0 Å². The average Bonchev–Trinajstić information content (AvgIpc) is 2.75. The summed E-state index contributed by atoms with van der Waals surface area (Å²) < 4.78 is 0. The van der Waals surface area contributed by atoms with Gasteiger partial charge in [-0.05, 0) is 23.9 Å². The normalized spacial score (nSPS) is 12.8. The largest absolute Gasteiger partial charge is 0.480 e. The van der Waals surface area contributed by atoms with E-state index in [4.69, 9.17) is 11.6 Å². The lowest BCUT2D eigenvalue weighted by atomic mass is 10.0. The van der Waals surface area contributed by atoms with Crippen molar-refractivity contribution in [1.29, 1.82) is 0 Å². The third-order valence-electron chi connectivity index (χ3n) is 2.57. The molecule has 19 heavy (non-hydrogen) atoms. The molecule has 102 valence electrons. The van der Waals surface area contributed by atoms with Gasteiger partial charge in [-0.15, -0.1) is 0 Å². The molecule has 0 saturated heterocycles. The van der Waals surface area contributed by atoms with Crippen molar-refractivity contribution in [2.75, 3.05) is 5.32 Å². The smallest absolute Gasteiger partial charge is 0.326 e. The van der Waals surface area contributed by atoms with Crippen LogP contribution in [-0.4, -0.2) is 37.1 Å². The number of aromatic nitrogens is 4. The van der Waals surface area contributed by atoms with Gasteiger partial charge in [-0.25, -0.2) is 9.78 Å². The fourth-order valence-electron chi connectivity index (χ4n) is 1.77. The number of halogens is 1. The second-order valence-corrected chi connectivity index (χ2v) is 4.95. The van der Waals surface area contributed by atoms with E-state index in [2.05, 4.69) is 25.3 Å². The highest BCUT2D eigenvalue weighted by molar-refractivity contribution is 6.28. The zero-order chi connectivity index (χ0) is 14.0. The molecule has 0 amide bonds. The Bertz CT molecular complexity index is 598. The van der Waals surface area contributed by atoms with Gasteiger partial charge in [0.25, 0.3) is 0 Å². The van der Waals surface area contributed by atoms with Crippen LogP contribution in [-0.2, 0) is 4.79 Å². The highest BCUT2D eigenvalue weighted by atomic mass is 35.5. The SMILES string of the molecule is CC(C)C[C@@H](Nc1nc(Cl)nc2nc[nH]c12)C(=O)O. The van der Waals surface area contributed by atoms with Crippen molar-refractivity contribution in [3.05, 3.63) is 11.6 Å². The van der Waals surface area contributed by atoms with Crippen molar-refractivity contribution < 1.29 is 9.90 Å². The summed E-state index contributed by atoms with van der Waals surface area (Å²) in [5.41, 5.74) is 0.940. The zero-order valence-corrected chi connectivity index (χ0v) is 11.3. The van der Waals surface area contributed by atoms with Gasteiger partial charge in [0.2, 0.25) is 5.28 Å². The van der Waals surface area contributed by atoms with Gasteiger partial charge in [-0.1, -0.05) is 13.8 Å². The molecular weight excluding hydrogens is 270 g/mol. The van der Waals surface area contributed by atoms with E-state index >= 15 is 0 Å². The minimum atomic E-state index is -0.934. The predicted molar refractivity (Wildman–Crippen MR) is 71.2 cm³/mol. The molecule has 2 aromatic heterocycles. The summed E-state index contributed by atoms with van der Waals surface area (Å²) in [5, 5.41) is 12.1. The van der Waals surface area contributed by atoms with Crippen LogP contribution in [0.5, 0.6) is 0 Å². The molecule has 1 atom stereocenters. The first kappa shape index (κ1) is 13.5. The molecule has 0 bridgehead atoms. The maximum Gasteiger partial charge on any atom is 0.326 e. The Balaban J connectivity index is 2.32. The molecule has 8 heteroatoms. The second kappa shape index (κ2) is 5.40. The van der Waals surface area contributed by atoms with Gasteiger partial charge in [-0.2, -0.15) is 9.97 Å². The van der Waals surface area contributed by atoms with Crippen LogP contribution in [0.4, 0.5) is 5.82 Å². The van der Waals surface area contributed by atoms with E-state index in [0.717, 1.165) is 0 Å². The van der Waals surface area contributed by atoms with Crippen LogP contribution in [0.1, 0.15) is 20.3 Å². The van der Waals surface area contributed by atoms with E-state index in [1.807, 2.05) is 13.8 Å². The van der Waals surface area contributed by atoms with Gasteiger partial charge >= 0.3 is 5.97 Å². The number of H-pyrrole nitrogens is 1. The molecule has 7 nitrogen and oxygen atoms in total. The van der Waals surface area contributed by atoms with Crippen LogP contribution in [0.2, 0.25) is 5.28 Å². The number of hydrogen-bond donors (Lipinski definition) is 3. The minimum absolute atomic E-state index is 0.0239. The molecule has 0 unspecified atom stereocenters. The van der Waals surface area contributed by atoms with Gasteiger partial charge < -0.3 is 15.4 Å². The van der Waals surface area contributed by atoms with Gasteiger partial charge in [0, 0.05) is 0 Å². The van der Waals surface area contributed by atoms with E-state index in [0.29, 0.717) is 23.4 Å². The number of carboxylic acids is 1. The Labute approximate surface area is 114 Å². The number of carbonyl (C=O) groups is 1. The Morgan fingerprint density at radius 3 is 2.89 bits per heavy atom. The van der Waals surface area contributed by atoms with Gasteiger partial charge in [0.1, 0.15) is 11.6 Å². The highest BCUT2D eigenvalue weighted by Gasteiger charge is 2.21. The molecule has 2 heterocycles. The average molecular weight is 284 g/mol. The number of anilines is 1. The summed E-state index contributed by atoms with van der Waals surface area (Å²) in [5.74, 6) is -0.347. The summed E-state index contributed by atoms with van der Waals surface area (Å²) in [6.07, 6.45) is 1.94. The molecule has 0 aromatic carbocycles. The number of aromatic amines is 1. The van der Waals surface area contributed by atoms with E-state index < -0.39 is 12.0 Å². The van der Waals surface area contributed by atoms with Crippen LogP contribution in [0.25, 0.3) is 11.2 Å². The number of carboxylic acid groups (broad SMARTS) is 1. The Hall–Kier alpha value is -1.89. The van der Waals surface area contributed by atoms with Crippen LogP contribution >= 0.6 is 11.6 Å². The summed E-state index contributed by atoms with van der Waals surface area (Å²) >= 11 is 5.79. The topological polar surface area (TPSA) is 104 Å². The molecule has 2 rings (SSSR count). The van der Waals surface area contributed by atoms with E-state index in [9.17, 15) is 9.90 Å². The number of nitrogens with one attached hydrogen (secondary N) is 2. The minimum Gasteiger partial charge on any atom is -0.480 e. The molecule has 2 aromatic rings. The molecule has 0 aliphatic heterocycles. The van der Waals surface area contributed by atoms with Crippen molar-refractivity contribution in [3.63, 3.8) is 0 Å². The quantitative estimate of drug-likeness (QED) is 0.724. The molecule has 0 spiro atoms. The van der Waals surface area contributed by atoms with Crippen molar-refractivity contribution in [2.45, 2.75) is 26.3 Å². The fourth-order valence-corrected chi connectivity index (χ4v) is 1.93. The number of imidazole rings is 1. The summed E-state index contributed by atoms with van der Waals surface area (Å²) in [7, 11) is 0. The maximum atomic E-state index is 11.2. The lowest BCUT2D eigenvalue weighted by Crippen LogP contribution is -2.31. The van der Waals surface area contributed by atoms with Crippen molar-refractivity contribution in [1.82, 2.24) is 19.9 Å². The highest BCUT2D eigenvalue weighted by Crippen LogP contribution is 2.20. The van der Waals surface area contributed by atoms with Gasteiger partial charge in [0.05, 0.1) is 6.33 Å². The first-order valence-electron chi connectivity index (χ1n) is 5.83. The lowest BCUT2D eigenvalue weighted by molar-refractivity contribution is -0.138. The number of rotatable bonds is 5. The Morgan fingerprint density at radius 2 is 2.26 bits per heavy atom. The predicted octanol–water partition coefficient (Wildman–Crippen LogP) is 1.92. The van der Waals surface area contributed by atoms with Gasteiger partial charge in [0.15, 0.2) is 11.5 Å². The fraction of sp³-hybridized carbons (Fsp3) is 0.455. The molecule has 0 saturated carbocycles. The third-order valence-corrected chi connectivity index (χ3v) is 2.74. The number of nitrogens with zero attached hydrogens (tertiary/aromatic N) is 3. The molecule has 0 fully saturated rings. The first-order chi connectivity index (χ1) is 8.97. The van der Waals surface area contributed by atoms with Crippen LogP contribution < -0.4 is 5.32 Å². The number of fused-ring (bicyclic) bond motifs is 1.